The average molecular weight is 1010 g/mol. The first-order chi connectivity index (χ1) is 34.7. The zero-order valence-corrected chi connectivity index (χ0v) is 45.5. The van der Waals surface area contributed by atoms with E-state index in [1.165, 1.54) is 36.4 Å². The minimum Gasteiger partial charge on any atom is -0.545 e. The number of pyridine rings is 2. The number of ketones is 2. The Morgan fingerprint density at radius 2 is 0.892 bits per heavy atom. The maximum absolute atomic E-state index is 13.8. The van der Waals surface area contributed by atoms with Crippen LogP contribution in [0.2, 0.25) is 0 Å². The number of fused-ring (bicyclic) bond motifs is 2. The first-order valence-electron chi connectivity index (χ1n) is 23.2. The van der Waals surface area contributed by atoms with Gasteiger partial charge in [0, 0.05) is 70.2 Å². The number of nitrogens with two attached hydrogens (primary N) is 2. The maximum Gasteiger partial charge on any atom is 1.00 e. The van der Waals surface area contributed by atoms with Crippen LogP contribution in [0.5, 0.6) is 11.5 Å². The van der Waals surface area contributed by atoms with Gasteiger partial charge < -0.3 is 60.2 Å². The van der Waals surface area contributed by atoms with Crippen molar-refractivity contribution in [3.63, 3.8) is 0 Å². The van der Waals surface area contributed by atoms with Crippen LogP contribution in [0.1, 0.15) is 89.6 Å². The van der Waals surface area contributed by atoms with Crippen LogP contribution in [-0.4, -0.2) is 70.4 Å². The Morgan fingerprint density at radius 1 is 0.514 bits per heavy atom. The predicted octanol–water partition coefficient (Wildman–Crippen LogP) is -0.245. The minimum absolute atomic E-state index is 0. The minimum atomic E-state index is -1.47. The molecule has 0 aliphatic heterocycles. The first kappa shape index (κ1) is 56.1. The Morgan fingerprint density at radius 3 is 1.26 bits per heavy atom. The van der Waals surface area contributed by atoms with Crippen LogP contribution in [-0.2, 0) is 9.59 Å². The molecule has 4 heterocycles. The Kier molecular flexibility index (Phi) is 19.1. The second-order valence-electron chi connectivity index (χ2n) is 17.2. The van der Waals surface area contributed by atoms with Crippen molar-refractivity contribution in [3.8, 4) is 33.8 Å². The molecule has 0 atom stereocenters. The summed E-state index contributed by atoms with van der Waals surface area (Å²) in [5, 5.41) is 28.9. The van der Waals surface area contributed by atoms with E-state index in [2.05, 4.69) is 10.6 Å². The van der Waals surface area contributed by atoms with E-state index < -0.39 is 11.9 Å². The van der Waals surface area contributed by atoms with Crippen LogP contribution < -0.4 is 101 Å². The number of nitrogens with one attached hydrogen (secondary N) is 2. The van der Waals surface area contributed by atoms with Gasteiger partial charge in [0.2, 0.25) is 11.6 Å². The number of benzene rings is 4. The molecule has 8 rings (SSSR count). The Hall–Kier alpha value is -7.18. The second-order valence-corrected chi connectivity index (χ2v) is 17.2. The van der Waals surface area contributed by atoms with Crippen LogP contribution in [0.3, 0.4) is 0 Å². The zero-order valence-electron chi connectivity index (χ0n) is 41.5. The number of hydrogen-bond acceptors (Lipinski definition) is 12. The van der Waals surface area contributed by atoms with Crippen LogP contribution >= 0.6 is 0 Å². The van der Waals surface area contributed by atoms with Crippen molar-refractivity contribution in [2.75, 3.05) is 37.8 Å². The summed E-state index contributed by atoms with van der Waals surface area (Å²) in [5.41, 5.74) is 18.4. The number of ether oxygens (including phenoxy) is 2. The van der Waals surface area contributed by atoms with Gasteiger partial charge in [0.15, 0.2) is 13.2 Å². The van der Waals surface area contributed by atoms with E-state index in [0.717, 1.165) is 59.0 Å². The summed E-state index contributed by atoms with van der Waals surface area (Å²) in [4.78, 5) is 75.9. The summed E-state index contributed by atoms with van der Waals surface area (Å²) >= 11 is 0. The molecule has 0 bridgehead atoms. The van der Waals surface area contributed by atoms with Crippen molar-refractivity contribution in [3.05, 3.63) is 178 Å². The number of carboxylic acid groups (broad SMARTS) is 2. The van der Waals surface area contributed by atoms with E-state index in [1.807, 2.05) is 62.4 Å². The normalized spacial score (nSPS) is 10.8. The summed E-state index contributed by atoms with van der Waals surface area (Å²) in [6.07, 6.45) is 6.76. The topological polar surface area (TPSA) is 252 Å². The fourth-order valence-electron chi connectivity index (χ4n) is 8.87. The van der Waals surface area contributed by atoms with Gasteiger partial charge in [0.05, 0.1) is 34.4 Å². The molecule has 0 radical (unpaired) electrons. The van der Waals surface area contributed by atoms with Crippen LogP contribution in [0, 0.1) is 13.8 Å². The molecule has 16 nitrogen and oxygen atoms in total. The molecule has 0 spiro atoms. The van der Waals surface area contributed by atoms with E-state index in [4.69, 9.17) is 20.9 Å². The van der Waals surface area contributed by atoms with Crippen molar-refractivity contribution in [2.45, 2.75) is 39.5 Å². The summed E-state index contributed by atoms with van der Waals surface area (Å²) in [7, 11) is 0. The van der Waals surface area contributed by atoms with Gasteiger partial charge in [-0.05, 0) is 134 Å². The number of aromatic nitrogens is 2. The van der Waals surface area contributed by atoms with E-state index in [-0.39, 0.29) is 129 Å². The van der Waals surface area contributed by atoms with E-state index in [1.54, 1.807) is 57.6 Å². The van der Waals surface area contributed by atoms with E-state index >= 15 is 0 Å². The van der Waals surface area contributed by atoms with Gasteiger partial charge in [-0.25, -0.2) is 0 Å². The zero-order chi connectivity index (χ0) is 51.1. The molecule has 366 valence electrons. The molecule has 6 N–H and O–H groups in total. The van der Waals surface area contributed by atoms with Gasteiger partial charge in [-0.15, -0.1) is 0 Å². The molecule has 0 saturated heterocycles. The molecule has 2 amide bonds. The largest absolute Gasteiger partial charge is 1.00 e. The van der Waals surface area contributed by atoms with Crippen molar-refractivity contribution >= 4 is 57.7 Å². The van der Waals surface area contributed by atoms with Gasteiger partial charge in [-0.3, -0.25) is 19.2 Å². The molecule has 4 aromatic carbocycles. The molecule has 8 aromatic rings. The Balaban J connectivity index is 0.00000446. The molecule has 0 saturated carbocycles. The number of nitrogen functional groups attached to an aromatic ring is 2. The first-order valence-corrected chi connectivity index (χ1v) is 23.2. The molecule has 0 aliphatic rings. The van der Waals surface area contributed by atoms with Crippen molar-refractivity contribution in [1.29, 1.82) is 0 Å². The van der Waals surface area contributed by atoms with Crippen molar-refractivity contribution in [2.24, 2.45) is 0 Å². The third-order valence-electron chi connectivity index (χ3n) is 12.4. The van der Waals surface area contributed by atoms with E-state index in [9.17, 15) is 39.0 Å². The van der Waals surface area contributed by atoms with Crippen LogP contribution in [0.15, 0.2) is 134 Å². The number of amides is 2. The van der Waals surface area contributed by atoms with Crippen molar-refractivity contribution in [1.82, 2.24) is 19.4 Å². The number of aromatic carboxylic acids is 2. The molecular weight excluding hydrogens is 963 g/mol. The number of rotatable bonds is 21. The number of unbranched alkanes of at least 4 members (excludes halogenated alkanes) is 3. The molecule has 74 heavy (non-hydrogen) atoms. The summed E-state index contributed by atoms with van der Waals surface area (Å²) in [5.74, 6) is -3.21. The summed E-state index contributed by atoms with van der Waals surface area (Å²) in [6.45, 7) is 4.29. The molecule has 0 fully saturated rings. The number of carbonyl (C=O) groups is 6. The molecule has 0 unspecified atom stereocenters. The SMILES string of the molecule is Cc1c(-c2ccc(OCC(=O)NCCCCCCNC(=O)COc3ccc(-c4c(C)c(C(=O)c5ccc(N)c(C(=O)[O-])c5)n5ccccc45)cc3)cc2)c2ccccn2c1C(=O)c1ccc(N)c(C(=O)[O-])c1.[Na+].[Na+]. The van der Waals surface area contributed by atoms with Gasteiger partial charge >= 0.3 is 59.1 Å². The molecule has 4 aromatic heterocycles. The number of carboxylic acids is 2. The number of carbonyl (C=O) groups excluding carboxylic acids is 6. The quantitative estimate of drug-likeness (QED) is 0.0315. The third kappa shape index (κ3) is 12.4. The van der Waals surface area contributed by atoms with Crippen LogP contribution in [0.4, 0.5) is 11.4 Å². The summed E-state index contributed by atoms with van der Waals surface area (Å²) in [6, 6.07) is 33.8. The average Bonchev–Trinajstić information content (AvgIpc) is 3.85. The maximum atomic E-state index is 13.8. The number of anilines is 2. The van der Waals surface area contributed by atoms with Gasteiger partial charge in [-0.2, -0.15) is 0 Å². The fraction of sp³-hybridized carbons (Fsp3) is 0.179. The molecule has 18 heteroatoms. The van der Waals surface area contributed by atoms with Gasteiger partial charge in [0.25, 0.3) is 11.8 Å². The standard InChI is InChI=1S/C56H52N6O10.2Na/c1-33-49(45-11-5-9-27-61(45)51(33)53(65)37-17-23-43(57)41(29-37)55(67)68)35-13-19-39(20-14-35)71-31-47(63)59-25-7-3-4-8-26-60-48(64)32-72-40-21-15-36(16-22-40)50-34(2)52(62-28-10-6-12-46(50)62)54(66)38-18-24-44(58)42(30-38)56(69)70;;/h5-6,9-24,27-30H,3-4,7-8,25-26,31-32,57-58H2,1-2H3,(H,59,63)(H,60,64)(H,67,68)(H,69,70);;/q;2*+1/p-2. The molecule has 0 aliphatic carbocycles. The van der Waals surface area contributed by atoms with Gasteiger partial charge in [0.1, 0.15) is 11.5 Å². The monoisotopic (exact) mass is 1010 g/mol. The Bertz CT molecular complexity index is 3180. The molecular formula is C56H50N6Na2O10. The second kappa shape index (κ2) is 25.2. The predicted molar refractivity (Wildman–Crippen MR) is 268 cm³/mol. The van der Waals surface area contributed by atoms with Crippen LogP contribution in [0.25, 0.3) is 33.3 Å². The third-order valence-corrected chi connectivity index (χ3v) is 12.4. The fourth-order valence-corrected chi connectivity index (χ4v) is 8.87. The number of hydrogen-bond donors (Lipinski definition) is 4. The summed E-state index contributed by atoms with van der Waals surface area (Å²) < 4.78 is 15.1. The van der Waals surface area contributed by atoms with Gasteiger partial charge in [-0.1, -0.05) is 49.2 Å². The van der Waals surface area contributed by atoms with E-state index in [0.29, 0.717) is 47.1 Å². The Labute approximate surface area is 470 Å². The smallest absolute Gasteiger partial charge is 0.545 e. The van der Waals surface area contributed by atoms with Crippen molar-refractivity contribution < 1.29 is 108 Å². The number of nitrogens with zero attached hydrogens (tertiary/aromatic N) is 2.